The summed E-state index contributed by atoms with van der Waals surface area (Å²) in [5.41, 5.74) is 5.22. The molecule has 0 aliphatic heterocycles. The molecule has 0 aliphatic carbocycles. The molecule has 0 radical (unpaired) electrons. The van der Waals surface area contributed by atoms with Gasteiger partial charge in [0.25, 0.3) is 0 Å². The van der Waals surface area contributed by atoms with E-state index >= 15 is 0 Å². The molecule has 5 heteroatoms. The molecule has 1 rings (SSSR count). The van der Waals surface area contributed by atoms with Crippen molar-refractivity contribution in [1.29, 1.82) is 0 Å². The average Bonchev–Trinajstić information content (AvgIpc) is 2.16. The van der Waals surface area contributed by atoms with E-state index in [9.17, 15) is 0 Å². The van der Waals surface area contributed by atoms with E-state index in [-0.39, 0.29) is 13.2 Å². The largest absolute Gasteiger partial charge is 0.488 e. The molecular formula is C9H11Cl2NO2. The second-order valence-electron chi connectivity index (χ2n) is 2.75. The SMILES string of the molecule is NC[C@H](O)COc1c(Cl)cccc1Cl. The summed E-state index contributed by atoms with van der Waals surface area (Å²) in [6.07, 6.45) is -0.706. The lowest BCUT2D eigenvalue weighted by molar-refractivity contribution is 0.114. The molecule has 0 bridgehead atoms. The van der Waals surface area contributed by atoms with Crippen molar-refractivity contribution in [2.45, 2.75) is 6.10 Å². The summed E-state index contributed by atoms with van der Waals surface area (Å²) in [7, 11) is 0. The molecule has 0 spiro atoms. The number of ether oxygens (including phenoxy) is 1. The maximum atomic E-state index is 9.16. The van der Waals surface area contributed by atoms with Gasteiger partial charge < -0.3 is 15.6 Å². The van der Waals surface area contributed by atoms with E-state index in [2.05, 4.69) is 0 Å². The number of hydrogen-bond donors (Lipinski definition) is 2. The molecule has 3 N–H and O–H groups in total. The van der Waals surface area contributed by atoms with Gasteiger partial charge in [-0.3, -0.25) is 0 Å². The molecule has 0 heterocycles. The van der Waals surface area contributed by atoms with Crippen LogP contribution in [0.5, 0.6) is 5.75 Å². The number of benzene rings is 1. The minimum atomic E-state index is -0.706. The monoisotopic (exact) mass is 235 g/mol. The molecule has 0 aromatic heterocycles. The van der Waals surface area contributed by atoms with Crippen LogP contribution in [0.25, 0.3) is 0 Å². The van der Waals surface area contributed by atoms with Crippen LogP contribution in [-0.4, -0.2) is 24.4 Å². The number of hydrogen-bond acceptors (Lipinski definition) is 3. The average molecular weight is 236 g/mol. The number of aliphatic hydroxyl groups excluding tert-OH is 1. The quantitative estimate of drug-likeness (QED) is 0.836. The van der Waals surface area contributed by atoms with E-state index < -0.39 is 6.10 Å². The van der Waals surface area contributed by atoms with Crippen LogP contribution in [0, 0.1) is 0 Å². The molecule has 0 fully saturated rings. The molecule has 0 unspecified atom stereocenters. The summed E-state index contributed by atoms with van der Waals surface area (Å²) in [5.74, 6) is 0.378. The zero-order valence-electron chi connectivity index (χ0n) is 7.41. The van der Waals surface area contributed by atoms with E-state index in [1.54, 1.807) is 18.2 Å². The topological polar surface area (TPSA) is 55.5 Å². The Bertz CT molecular complexity index is 287. The minimum absolute atomic E-state index is 0.0833. The fraction of sp³-hybridized carbons (Fsp3) is 0.333. The van der Waals surface area contributed by atoms with Gasteiger partial charge in [0.15, 0.2) is 5.75 Å². The molecule has 3 nitrogen and oxygen atoms in total. The van der Waals surface area contributed by atoms with Gasteiger partial charge in [-0.05, 0) is 12.1 Å². The molecular weight excluding hydrogens is 225 g/mol. The number of aliphatic hydroxyl groups is 1. The van der Waals surface area contributed by atoms with Gasteiger partial charge in [0.05, 0.1) is 10.0 Å². The predicted octanol–water partition coefficient (Wildman–Crippen LogP) is 1.69. The van der Waals surface area contributed by atoms with Crippen LogP contribution in [-0.2, 0) is 0 Å². The normalized spacial score (nSPS) is 12.6. The zero-order chi connectivity index (χ0) is 10.6. The first-order valence-corrected chi connectivity index (χ1v) is 4.85. The number of halogens is 2. The second-order valence-corrected chi connectivity index (χ2v) is 3.57. The fourth-order valence-electron chi connectivity index (χ4n) is 0.868. The van der Waals surface area contributed by atoms with Crippen LogP contribution in [0.3, 0.4) is 0 Å². The fourth-order valence-corrected chi connectivity index (χ4v) is 1.37. The van der Waals surface area contributed by atoms with Crippen molar-refractivity contribution in [3.05, 3.63) is 28.2 Å². The van der Waals surface area contributed by atoms with Gasteiger partial charge in [-0.2, -0.15) is 0 Å². The van der Waals surface area contributed by atoms with E-state index in [0.717, 1.165) is 0 Å². The Morgan fingerprint density at radius 3 is 2.43 bits per heavy atom. The Labute approximate surface area is 92.4 Å². The third-order valence-electron chi connectivity index (χ3n) is 1.61. The zero-order valence-corrected chi connectivity index (χ0v) is 8.92. The summed E-state index contributed by atoms with van der Waals surface area (Å²) < 4.78 is 5.23. The highest BCUT2D eigenvalue weighted by Gasteiger charge is 2.08. The number of para-hydroxylation sites is 1. The highest BCUT2D eigenvalue weighted by Crippen LogP contribution is 2.32. The van der Waals surface area contributed by atoms with Crippen LogP contribution < -0.4 is 10.5 Å². The van der Waals surface area contributed by atoms with Crippen LogP contribution in [0.4, 0.5) is 0 Å². The molecule has 0 amide bonds. The predicted molar refractivity (Wildman–Crippen MR) is 57.0 cm³/mol. The van der Waals surface area contributed by atoms with Gasteiger partial charge in [-0.15, -0.1) is 0 Å². The molecule has 14 heavy (non-hydrogen) atoms. The molecule has 0 saturated heterocycles. The highest BCUT2D eigenvalue weighted by atomic mass is 35.5. The first kappa shape index (κ1) is 11.6. The van der Waals surface area contributed by atoms with Gasteiger partial charge >= 0.3 is 0 Å². The van der Waals surface area contributed by atoms with Crippen molar-refractivity contribution in [1.82, 2.24) is 0 Å². The van der Waals surface area contributed by atoms with Gasteiger partial charge in [-0.1, -0.05) is 29.3 Å². The second kappa shape index (κ2) is 5.41. The Morgan fingerprint density at radius 2 is 1.93 bits per heavy atom. The van der Waals surface area contributed by atoms with E-state index in [1.165, 1.54) is 0 Å². The van der Waals surface area contributed by atoms with Crippen LogP contribution in [0.2, 0.25) is 10.0 Å². The van der Waals surface area contributed by atoms with E-state index in [1.807, 2.05) is 0 Å². The van der Waals surface area contributed by atoms with Crippen LogP contribution >= 0.6 is 23.2 Å². The summed E-state index contributed by atoms with van der Waals surface area (Å²) >= 11 is 11.7. The minimum Gasteiger partial charge on any atom is -0.488 e. The first-order chi connectivity index (χ1) is 6.65. The van der Waals surface area contributed by atoms with Crippen molar-refractivity contribution in [3.63, 3.8) is 0 Å². The van der Waals surface area contributed by atoms with Crippen LogP contribution in [0.15, 0.2) is 18.2 Å². The van der Waals surface area contributed by atoms with Crippen molar-refractivity contribution >= 4 is 23.2 Å². The highest BCUT2D eigenvalue weighted by molar-refractivity contribution is 6.37. The molecule has 0 aliphatic rings. The molecule has 1 atom stereocenters. The molecule has 0 saturated carbocycles. The van der Waals surface area contributed by atoms with Crippen molar-refractivity contribution in [3.8, 4) is 5.75 Å². The van der Waals surface area contributed by atoms with Crippen molar-refractivity contribution in [2.24, 2.45) is 5.73 Å². The number of nitrogens with two attached hydrogens (primary N) is 1. The summed E-state index contributed by atoms with van der Waals surface area (Å²) in [6.45, 7) is 0.224. The van der Waals surface area contributed by atoms with Gasteiger partial charge in [0, 0.05) is 6.54 Å². The third-order valence-corrected chi connectivity index (χ3v) is 2.21. The molecule has 1 aromatic carbocycles. The summed E-state index contributed by atoms with van der Waals surface area (Å²) in [4.78, 5) is 0. The number of rotatable bonds is 4. The molecule has 78 valence electrons. The lowest BCUT2D eigenvalue weighted by Gasteiger charge is -2.12. The van der Waals surface area contributed by atoms with Gasteiger partial charge in [0.1, 0.15) is 12.7 Å². The molecule has 1 aromatic rings. The van der Waals surface area contributed by atoms with Gasteiger partial charge in [-0.25, -0.2) is 0 Å². The Balaban J connectivity index is 2.66. The van der Waals surface area contributed by atoms with E-state index in [0.29, 0.717) is 15.8 Å². The lowest BCUT2D eigenvalue weighted by Crippen LogP contribution is -2.26. The van der Waals surface area contributed by atoms with Gasteiger partial charge in [0.2, 0.25) is 0 Å². The maximum Gasteiger partial charge on any atom is 0.156 e. The smallest absolute Gasteiger partial charge is 0.156 e. The van der Waals surface area contributed by atoms with Crippen LogP contribution in [0.1, 0.15) is 0 Å². The van der Waals surface area contributed by atoms with E-state index in [4.69, 9.17) is 38.8 Å². The maximum absolute atomic E-state index is 9.16. The van der Waals surface area contributed by atoms with Crippen molar-refractivity contribution in [2.75, 3.05) is 13.2 Å². The first-order valence-electron chi connectivity index (χ1n) is 4.10. The third kappa shape index (κ3) is 3.03. The van der Waals surface area contributed by atoms with Crippen molar-refractivity contribution < 1.29 is 9.84 Å². The summed E-state index contributed by atoms with van der Waals surface area (Å²) in [6, 6.07) is 5.05. The lowest BCUT2D eigenvalue weighted by atomic mass is 10.3. The Morgan fingerprint density at radius 1 is 1.36 bits per heavy atom. The Hall–Kier alpha value is -0.480. The summed E-state index contributed by atoms with van der Waals surface area (Å²) in [5, 5.41) is 10.0. The standard InChI is InChI=1S/C9H11Cl2NO2/c10-7-2-1-3-8(11)9(7)14-5-6(13)4-12/h1-3,6,13H,4-5,12H2/t6-/m0/s1. The Kier molecular flexibility index (Phi) is 4.48.